The first-order valence-corrected chi connectivity index (χ1v) is 12.2. The average Bonchev–Trinajstić information content (AvgIpc) is 3.40. The number of hydrogen-bond acceptors (Lipinski definition) is 5. The summed E-state index contributed by atoms with van der Waals surface area (Å²) in [5.74, 6) is -2.57. The third-order valence-electron chi connectivity index (χ3n) is 6.97. The zero-order chi connectivity index (χ0) is 28.8. The van der Waals surface area contributed by atoms with E-state index in [2.05, 4.69) is 10.4 Å². The van der Waals surface area contributed by atoms with Gasteiger partial charge in [-0.2, -0.15) is 18.3 Å². The van der Waals surface area contributed by atoms with Gasteiger partial charge in [0.25, 0.3) is 5.91 Å². The van der Waals surface area contributed by atoms with Gasteiger partial charge in [0.1, 0.15) is 11.5 Å². The molecule has 0 bridgehead atoms. The smallest absolute Gasteiger partial charge is 0.366 e. The SMILES string of the molecule is NCc1cccc(-n2nc(C(F)(F)F)cc2C(=O)Nc2cc(C3CC3(N)c3ccc(C(N)=O)cc3)ccc2F)c1. The maximum absolute atomic E-state index is 14.8. The minimum Gasteiger partial charge on any atom is -0.366 e. The Morgan fingerprint density at radius 3 is 2.42 bits per heavy atom. The second-order valence-corrected chi connectivity index (χ2v) is 9.63. The van der Waals surface area contributed by atoms with Crippen LogP contribution >= 0.6 is 0 Å². The van der Waals surface area contributed by atoms with E-state index in [4.69, 9.17) is 17.2 Å². The second kappa shape index (κ2) is 9.88. The summed E-state index contributed by atoms with van der Waals surface area (Å²) >= 11 is 0. The highest BCUT2D eigenvalue weighted by molar-refractivity contribution is 6.03. The quantitative estimate of drug-likeness (QED) is 0.255. The number of carbonyl (C=O) groups is 2. The standard InChI is InChI=1S/C28H24F4N6O2/c29-21-9-6-17(20-13-27(20,35)18-7-4-16(5-8-18)25(34)39)11-22(21)36-26(40)23-12-24(28(30,31)32)37-38(23)19-3-1-2-15(10-19)14-33/h1-12,20H,13-14,33,35H2,(H2,34,39)(H,36,40). The number of halogens is 4. The lowest BCUT2D eigenvalue weighted by molar-refractivity contribution is -0.141. The van der Waals surface area contributed by atoms with Gasteiger partial charge in [0.05, 0.1) is 11.4 Å². The van der Waals surface area contributed by atoms with Gasteiger partial charge in [0.2, 0.25) is 5.91 Å². The van der Waals surface area contributed by atoms with Crippen molar-refractivity contribution < 1.29 is 27.2 Å². The third kappa shape index (κ3) is 5.06. The van der Waals surface area contributed by atoms with Crippen LogP contribution in [0.2, 0.25) is 0 Å². The molecule has 3 aromatic carbocycles. The Hall–Kier alpha value is -4.55. The van der Waals surface area contributed by atoms with Crippen LogP contribution < -0.4 is 22.5 Å². The molecule has 2 unspecified atom stereocenters. The second-order valence-electron chi connectivity index (χ2n) is 9.63. The molecule has 1 saturated carbocycles. The highest BCUT2D eigenvalue weighted by atomic mass is 19.4. The van der Waals surface area contributed by atoms with E-state index in [9.17, 15) is 27.2 Å². The lowest BCUT2D eigenvalue weighted by Gasteiger charge is -2.14. The average molecular weight is 553 g/mol. The summed E-state index contributed by atoms with van der Waals surface area (Å²) in [6, 6.07) is 17.5. The summed E-state index contributed by atoms with van der Waals surface area (Å²) in [5.41, 5.74) is 17.3. The van der Waals surface area contributed by atoms with Crippen molar-refractivity contribution in [2.24, 2.45) is 17.2 Å². The van der Waals surface area contributed by atoms with Gasteiger partial charge in [-0.1, -0.05) is 30.3 Å². The minimum absolute atomic E-state index is 0.125. The summed E-state index contributed by atoms with van der Waals surface area (Å²) in [6.45, 7) is 0.125. The van der Waals surface area contributed by atoms with Crippen molar-refractivity contribution in [3.63, 3.8) is 0 Å². The number of benzene rings is 3. The molecule has 4 aromatic rings. The van der Waals surface area contributed by atoms with Gasteiger partial charge < -0.3 is 22.5 Å². The Bertz CT molecular complexity index is 1620. The van der Waals surface area contributed by atoms with E-state index < -0.39 is 40.7 Å². The van der Waals surface area contributed by atoms with Crippen molar-refractivity contribution in [2.75, 3.05) is 5.32 Å². The molecule has 1 aromatic heterocycles. The number of nitrogens with one attached hydrogen (secondary N) is 1. The predicted octanol–water partition coefficient (Wildman–Crippen LogP) is 4.18. The number of amides is 2. The number of hydrogen-bond donors (Lipinski definition) is 4. The number of rotatable bonds is 7. The summed E-state index contributed by atoms with van der Waals surface area (Å²) < 4.78 is 56.1. The third-order valence-corrected chi connectivity index (χ3v) is 6.97. The van der Waals surface area contributed by atoms with Crippen molar-refractivity contribution in [1.82, 2.24) is 9.78 Å². The normalized spacial score (nSPS) is 18.4. The van der Waals surface area contributed by atoms with E-state index in [1.54, 1.807) is 36.4 Å². The molecule has 1 fully saturated rings. The molecule has 8 nitrogen and oxygen atoms in total. The van der Waals surface area contributed by atoms with Crippen LogP contribution in [0.25, 0.3) is 5.69 Å². The highest BCUT2D eigenvalue weighted by Crippen LogP contribution is 2.56. The van der Waals surface area contributed by atoms with Gasteiger partial charge in [-0.25, -0.2) is 9.07 Å². The molecule has 206 valence electrons. The van der Waals surface area contributed by atoms with Gasteiger partial charge in [-0.05, 0) is 59.5 Å². The van der Waals surface area contributed by atoms with Crippen LogP contribution in [0.4, 0.5) is 23.2 Å². The Morgan fingerprint density at radius 1 is 1.05 bits per heavy atom. The minimum atomic E-state index is -4.82. The molecule has 40 heavy (non-hydrogen) atoms. The first-order chi connectivity index (χ1) is 18.9. The largest absolute Gasteiger partial charge is 0.435 e. The molecule has 12 heteroatoms. The Labute approximate surface area is 225 Å². The summed E-state index contributed by atoms with van der Waals surface area (Å²) in [7, 11) is 0. The molecule has 5 rings (SSSR count). The molecular formula is C28H24F4N6O2. The van der Waals surface area contributed by atoms with E-state index >= 15 is 0 Å². The van der Waals surface area contributed by atoms with Crippen molar-refractivity contribution in [3.8, 4) is 5.69 Å². The topological polar surface area (TPSA) is 142 Å². The molecular weight excluding hydrogens is 528 g/mol. The molecule has 0 saturated heterocycles. The van der Waals surface area contributed by atoms with Crippen molar-refractivity contribution in [1.29, 1.82) is 0 Å². The summed E-state index contributed by atoms with van der Waals surface area (Å²) in [4.78, 5) is 24.6. The van der Waals surface area contributed by atoms with Crippen molar-refractivity contribution in [2.45, 2.75) is 30.6 Å². The zero-order valence-corrected chi connectivity index (χ0v) is 20.9. The Kier molecular flexibility index (Phi) is 6.68. The molecule has 2 amide bonds. The molecule has 1 aliphatic rings. The number of anilines is 1. The molecule has 1 aliphatic carbocycles. The Morgan fingerprint density at radius 2 is 1.77 bits per heavy atom. The van der Waals surface area contributed by atoms with E-state index in [0.29, 0.717) is 29.2 Å². The monoisotopic (exact) mass is 552 g/mol. The number of primary amides is 1. The number of alkyl halides is 3. The number of aromatic nitrogens is 2. The zero-order valence-electron chi connectivity index (χ0n) is 20.9. The number of nitrogens with zero attached hydrogens (tertiary/aromatic N) is 2. The molecule has 0 spiro atoms. The van der Waals surface area contributed by atoms with E-state index in [0.717, 1.165) is 16.3 Å². The van der Waals surface area contributed by atoms with Crippen LogP contribution in [0.5, 0.6) is 0 Å². The van der Waals surface area contributed by atoms with Crippen LogP contribution in [-0.2, 0) is 18.3 Å². The van der Waals surface area contributed by atoms with Gasteiger partial charge in [0.15, 0.2) is 5.69 Å². The number of carbonyl (C=O) groups excluding carboxylic acids is 2. The fraction of sp³-hybridized carbons (Fsp3) is 0.179. The molecule has 0 radical (unpaired) electrons. The lowest BCUT2D eigenvalue weighted by atomic mass is 9.98. The van der Waals surface area contributed by atoms with Gasteiger partial charge in [0, 0.05) is 29.6 Å². The highest BCUT2D eigenvalue weighted by Gasteiger charge is 2.53. The number of nitrogens with two attached hydrogens (primary N) is 3. The van der Waals surface area contributed by atoms with Gasteiger partial charge >= 0.3 is 6.18 Å². The van der Waals surface area contributed by atoms with E-state index in [1.807, 2.05) is 0 Å². The van der Waals surface area contributed by atoms with Crippen LogP contribution in [0.15, 0.2) is 72.8 Å². The molecule has 2 atom stereocenters. The van der Waals surface area contributed by atoms with Crippen LogP contribution in [0, 0.1) is 5.82 Å². The van der Waals surface area contributed by atoms with Crippen LogP contribution in [-0.4, -0.2) is 21.6 Å². The van der Waals surface area contributed by atoms with E-state index in [1.165, 1.54) is 24.3 Å². The Balaban J connectivity index is 1.43. The van der Waals surface area contributed by atoms with Gasteiger partial charge in [-0.15, -0.1) is 0 Å². The fourth-order valence-corrected chi connectivity index (χ4v) is 4.69. The molecule has 7 N–H and O–H groups in total. The van der Waals surface area contributed by atoms with Crippen LogP contribution in [0.1, 0.15) is 55.6 Å². The maximum Gasteiger partial charge on any atom is 0.435 e. The summed E-state index contributed by atoms with van der Waals surface area (Å²) in [6.07, 6.45) is -4.30. The molecule has 0 aliphatic heterocycles. The fourth-order valence-electron chi connectivity index (χ4n) is 4.69. The maximum atomic E-state index is 14.8. The first kappa shape index (κ1) is 27.0. The predicted molar refractivity (Wildman–Crippen MR) is 139 cm³/mol. The van der Waals surface area contributed by atoms with Gasteiger partial charge in [-0.3, -0.25) is 9.59 Å². The first-order valence-electron chi connectivity index (χ1n) is 12.2. The van der Waals surface area contributed by atoms with E-state index in [-0.39, 0.29) is 23.8 Å². The lowest BCUT2D eigenvalue weighted by Crippen LogP contribution is -2.22. The van der Waals surface area contributed by atoms with Crippen molar-refractivity contribution in [3.05, 3.63) is 112 Å². The molecule has 1 heterocycles. The van der Waals surface area contributed by atoms with Crippen LogP contribution in [0.3, 0.4) is 0 Å². The summed E-state index contributed by atoms with van der Waals surface area (Å²) in [5, 5.41) is 5.97. The van der Waals surface area contributed by atoms with Crippen molar-refractivity contribution >= 4 is 17.5 Å².